The lowest BCUT2D eigenvalue weighted by atomic mass is 9.94. The van der Waals surface area contributed by atoms with Gasteiger partial charge in [0.05, 0.1) is 31.2 Å². The molecule has 1 N–H and O–H groups in total. The van der Waals surface area contributed by atoms with Crippen LogP contribution in [0.25, 0.3) is 5.76 Å². The average molecular weight is 576 g/mol. The molecule has 1 fully saturated rings. The van der Waals surface area contributed by atoms with E-state index in [2.05, 4.69) is 11.9 Å². The SMILES string of the molecule is CCCCCOc1ccc([C@@H]2/C(=C(\O)c3ccc4c(c3)OCCO4)C(=O)C(=O)N2CCCn2ccnc2)cc1OCC. The molecule has 5 rings (SSSR count). The molecule has 1 aromatic heterocycles. The number of ketones is 1. The predicted molar refractivity (Wildman–Crippen MR) is 156 cm³/mol. The smallest absolute Gasteiger partial charge is 0.295 e. The fraction of sp³-hybridized carbons (Fsp3) is 0.406. The van der Waals surface area contributed by atoms with Crippen molar-refractivity contribution < 1.29 is 33.6 Å². The number of hydrogen-bond donors (Lipinski definition) is 1. The molecule has 0 saturated carbocycles. The Hall–Kier alpha value is -4.47. The fourth-order valence-corrected chi connectivity index (χ4v) is 5.26. The lowest BCUT2D eigenvalue weighted by Gasteiger charge is -2.26. The van der Waals surface area contributed by atoms with E-state index in [9.17, 15) is 14.7 Å². The summed E-state index contributed by atoms with van der Waals surface area (Å²) in [6.07, 6.45) is 8.92. The molecule has 3 heterocycles. The number of hydrogen-bond acceptors (Lipinski definition) is 8. The number of ether oxygens (including phenoxy) is 4. The van der Waals surface area contributed by atoms with Gasteiger partial charge in [-0.25, -0.2) is 4.98 Å². The van der Waals surface area contributed by atoms with E-state index in [1.54, 1.807) is 36.8 Å². The van der Waals surface area contributed by atoms with Crippen molar-refractivity contribution in [1.29, 1.82) is 0 Å². The zero-order valence-corrected chi connectivity index (χ0v) is 24.1. The number of likely N-dealkylation sites (tertiary alicyclic amines) is 1. The second kappa shape index (κ2) is 13.5. The number of amides is 1. The Morgan fingerprint density at radius 1 is 0.976 bits per heavy atom. The third kappa shape index (κ3) is 6.22. The Bertz CT molecular complexity index is 1430. The highest BCUT2D eigenvalue weighted by Crippen LogP contribution is 2.43. The van der Waals surface area contributed by atoms with E-state index in [-0.39, 0.29) is 11.3 Å². The minimum absolute atomic E-state index is 0.0124. The number of fused-ring (bicyclic) bond motifs is 1. The Morgan fingerprint density at radius 3 is 2.57 bits per heavy atom. The monoisotopic (exact) mass is 575 g/mol. The minimum Gasteiger partial charge on any atom is -0.507 e. The standard InChI is InChI=1S/C32H37N3O7/c1-3-5-6-16-40-24-10-8-22(19-26(24)39-4-2)29-28(30(36)23-9-11-25-27(20-23)42-18-17-41-25)31(37)32(38)35(29)14-7-13-34-15-12-33-21-34/h8-12,15,19-21,29,36H,3-7,13-14,16-18H2,1-2H3/b30-28+/t29-/m1/s1. The molecule has 0 bridgehead atoms. The number of carbonyl (C=O) groups is 2. The second-order valence-electron chi connectivity index (χ2n) is 10.2. The highest BCUT2D eigenvalue weighted by Gasteiger charge is 2.46. The molecular formula is C32H37N3O7. The topological polar surface area (TPSA) is 112 Å². The van der Waals surface area contributed by atoms with E-state index in [1.807, 2.05) is 29.8 Å². The molecule has 0 unspecified atom stereocenters. The number of nitrogens with zero attached hydrogens (tertiary/aromatic N) is 3. The Labute approximate surface area is 245 Å². The maximum atomic E-state index is 13.5. The quantitative estimate of drug-likeness (QED) is 0.129. The third-order valence-corrected chi connectivity index (χ3v) is 7.32. The Balaban J connectivity index is 1.53. The van der Waals surface area contributed by atoms with Gasteiger partial charge in [-0.1, -0.05) is 25.8 Å². The first-order valence-electron chi connectivity index (χ1n) is 14.6. The van der Waals surface area contributed by atoms with Crippen LogP contribution < -0.4 is 18.9 Å². The van der Waals surface area contributed by atoms with Crippen LogP contribution in [0, 0.1) is 0 Å². The number of rotatable bonds is 13. The number of aromatic nitrogens is 2. The molecule has 2 aliphatic heterocycles. The lowest BCUT2D eigenvalue weighted by molar-refractivity contribution is -0.139. The van der Waals surface area contributed by atoms with Crippen LogP contribution in [0.5, 0.6) is 23.0 Å². The molecule has 222 valence electrons. The highest BCUT2D eigenvalue weighted by atomic mass is 16.6. The number of aliphatic hydroxyl groups is 1. The van der Waals surface area contributed by atoms with E-state index in [0.717, 1.165) is 19.3 Å². The molecule has 0 radical (unpaired) electrons. The van der Waals surface area contributed by atoms with Crippen molar-refractivity contribution in [3.8, 4) is 23.0 Å². The van der Waals surface area contributed by atoms with Crippen molar-refractivity contribution in [2.24, 2.45) is 0 Å². The highest BCUT2D eigenvalue weighted by molar-refractivity contribution is 6.46. The van der Waals surface area contributed by atoms with E-state index >= 15 is 0 Å². The number of benzene rings is 2. The normalized spacial score (nSPS) is 17.5. The summed E-state index contributed by atoms with van der Waals surface area (Å²) >= 11 is 0. The summed E-state index contributed by atoms with van der Waals surface area (Å²) in [6, 6.07) is 9.59. The summed E-state index contributed by atoms with van der Waals surface area (Å²) in [5, 5.41) is 11.5. The van der Waals surface area contributed by atoms with Crippen LogP contribution in [0.3, 0.4) is 0 Å². The lowest BCUT2D eigenvalue weighted by Crippen LogP contribution is -2.31. The average Bonchev–Trinajstić information content (AvgIpc) is 3.62. The van der Waals surface area contributed by atoms with Gasteiger partial charge < -0.3 is 33.5 Å². The van der Waals surface area contributed by atoms with Gasteiger partial charge in [-0.2, -0.15) is 0 Å². The summed E-state index contributed by atoms with van der Waals surface area (Å²) in [6.45, 7) is 6.72. The molecular weight excluding hydrogens is 538 g/mol. The molecule has 10 heteroatoms. The summed E-state index contributed by atoms with van der Waals surface area (Å²) < 4.78 is 25.2. The van der Waals surface area contributed by atoms with Crippen LogP contribution >= 0.6 is 0 Å². The molecule has 1 saturated heterocycles. The van der Waals surface area contributed by atoms with E-state index in [0.29, 0.717) is 80.1 Å². The Kier molecular flexibility index (Phi) is 9.31. The van der Waals surface area contributed by atoms with E-state index < -0.39 is 17.7 Å². The molecule has 2 aromatic carbocycles. The number of Topliss-reactive ketones (excluding diaryl/α,β-unsaturated/α-hetero) is 1. The fourth-order valence-electron chi connectivity index (χ4n) is 5.26. The first-order valence-corrected chi connectivity index (χ1v) is 14.6. The largest absolute Gasteiger partial charge is 0.507 e. The van der Waals surface area contributed by atoms with Gasteiger partial charge in [0.15, 0.2) is 23.0 Å². The first kappa shape index (κ1) is 29.0. The molecule has 42 heavy (non-hydrogen) atoms. The first-order chi connectivity index (χ1) is 20.5. The molecule has 3 aromatic rings. The number of aliphatic hydroxyl groups excluding tert-OH is 1. The van der Waals surface area contributed by atoms with Crippen LogP contribution in [-0.4, -0.2) is 64.2 Å². The van der Waals surface area contributed by atoms with Crippen molar-refractivity contribution >= 4 is 17.4 Å². The van der Waals surface area contributed by atoms with Crippen molar-refractivity contribution in [3.63, 3.8) is 0 Å². The third-order valence-electron chi connectivity index (χ3n) is 7.32. The van der Waals surface area contributed by atoms with Crippen LogP contribution in [0.4, 0.5) is 0 Å². The van der Waals surface area contributed by atoms with Gasteiger partial charge >= 0.3 is 0 Å². The number of carbonyl (C=O) groups excluding carboxylic acids is 2. The van der Waals surface area contributed by atoms with Gasteiger partial charge in [0, 0.05) is 31.0 Å². The summed E-state index contributed by atoms with van der Waals surface area (Å²) in [4.78, 5) is 32.6. The van der Waals surface area contributed by atoms with Gasteiger partial charge in [-0.15, -0.1) is 0 Å². The maximum absolute atomic E-state index is 13.5. The summed E-state index contributed by atoms with van der Waals surface area (Å²) in [7, 11) is 0. The number of aryl methyl sites for hydroxylation is 1. The van der Waals surface area contributed by atoms with Gasteiger partial charge in [0.2, 0.25) is 0 Å². The van der Waals surface area contributed by atoms with Crippen LogP contribution in [-0.2, 0) is 16.1 Å². The predicted octanol–water partition coefficient (Wildman–Crippen LogP) is 5.13. The van der Waals surface area contributed by atoms with Crippen molar-refractivity contribution in [3.05, 3.63) is 71.8 Å². The molecule has 1 atom stereocenters. The van der Waals surface area contributed by atoms with Crippen LogP contribution in [0.2, 0.25) is 0 Å². The van der Waals surface area contributed by atoms with Gasteiger partial charge in [-0.3, -0.25) is 9.59 Å². The van der Waals surface area contributed by atoms with E-state index in [1.165, 1.54) is 4.90 Å². The van der Waals surface area contributed by atoms with Crippen molar-refractivity contribution in [1.82, 2.24) is 14.5 Å². The molecule has 0 aliphatic carbocycles. The zero-order valence-electron chi connectivity index (χ0n) is 24.1. The number of imidazole rings is 1. The molecule has 0 spiro atoms. The second-order valence-corrected chi connectivity index (χ2v) is 10.2. The van der Waals surface area contributed by atoms with Gasteiger partial charge in [0.1, 0.15) is 19.0 Å². The zero-order chi connectivity index (χ0) is 29.5. The summed E-state index contributed by atoms with van der Waals surface area (Å²) in [5.74, 6) is 0.473. The van der Waals surface area contributed by atoms with Crippen molar-refractivity contribution in [2.45, 2.75) is 52.1 Å². The minimum atomic E-state index is -0.825. The number of unbranched alkanes of at least 4 members (excludes halogenated alkanes) is 2. The van der Waals surface area contributed by atoms with E-state index in [4.69, 9.17) is 18.9 Å². The van der Waals surface area contributed by atoms with Crippen LogP contribution in [0.15, 0.2) is 60.7 Å². The van der Waals surface area contributed by atoms with Gasteiger partial charge in [0.25, 0.3) is 11.7 Å². The summed E-state index contributed by atoms with van der Waals surface area (Å²) in [5.41, 5.74) is 1.01. The Morgan fingerprint density at radius 2 is 1.81 bits per heavy atom. The molecule has 10 nitrogen and oxygen atoms in total. The molecule has 2 aliphatic rings. The van der Waals surface area contributed by atoms with Crippen molar-refractivity contribution in [2.75, 3.05) is 33.0 Å². The van der Waals surface area contributed by atoms with Gasteiger partial charge in [-0.05, 0) is 55.7 Å². The van der Waals surface area contributed by atoms with Crippen LogP contribution in [0.1, 0.15) is 56.7 Å². The molecule has 1 amide bonds. The maximum Gasteiger partial charge on any atom is 0.295 e.